The van der Waals surface area contributed by atoms with E-state index in [-0.39, 0.29) is 6.03 Å². The lowest BCUT2D eigenvalue weighted by Gasteiger charge is -2.10. The van der Waals surface area contributed by atoms with Crippen LogP contribution in [0.15, 0.2) is 41.0 Å². The molecule has 2 N–H and O–H groups in total. The second-order valence-electron chi connectivity index (χ2n) is 4.43. The van der Waals surface area contributed by atoms with E-state index < -0.39 is 0 Å². The third kappa shape index (κ3) is 5.02. The van der Waals surface area contributed by atoms with Crippen LogP contribution in [0.25, 0.3) is 0 Å². The fourth-order valence-corrected chi connectivity index (χ4v) is 2.64. The number of benzene rings is 1. The first-order valence-corrected chi connectivity index (χ1v) is 8.10. The minimum atomic E-state index is -0.223. The lowest BCUT2D eigenvalue weighted by molar-refractivity contribution is 0.252. The molecule has 2 rings (SSSR count). The van der Waals surface area contributed by atoms with E-state index in [2.05, 4.69) is 10.6 Å². The van der Waals surface area contributed by atoms with E-state index in [1.807, 2.05) is 31.2 Å². The molecule has 0 aliphatic rings. The van der Waals surface area contributed by atoms with Crippen molar-refractivity contribution in [3.8, 4) is 0 Å². The summed E-state index contributed by atoms with van der Waals surface area (Å²) >= 11 is 7.72. The first-order chi connectivity index (χ1) is 10.2. The van der Waals surface area contributed by atoms with Crippen LogP contribution < -0.4 is 10.6 Å². The van der Waals surface area contributed by atoms with Crippen molar-refractivity contribution in [1.29, 1.82) is 0 Å². The minimum Gasteiger partial charge on any atom is -0.468 e. The predicted octanol–water partition coefficient (Wildman–Crippen LogP) is 4.30. The van der Waals surface area contributed by atoms with Gasteiger partial charge in [0.1, 0.15) is 5.76 Å². The number of amides is 2. The van der Waals surface area contributed by atoms with Gasteiger partial charge in [0.05, 0.1) is 12.0 Å². The monoisotopic (exact) mass is 324 g/mol. The molecule has 0 atom stereocenters. The van der Waals surface area contributed by atoms with E-state index in [1.165, 1.54) is 0 Å². The molecule has 0 saturated heterocycles. The Balaban J connectivity index is 1.66. The van der Waals surface area contributed by atoms with E-state index in [0.29, 0.717) is 11.6 Å². The molecule has 0 aliphatic carbocycles. The fourth-order valence-electron chi connectivity index (χ4n) is 1.71. The summed E-state index contributed by atoms with van der Waals surface area (Å²) < 4.78 is 5.23. The number of halogens is 1. The number of thioether (sulfide) groups is 1. The van der Waals surface area contributed by atoms with Gasteiger partial charge < -0.3 is 15.1 Å². The van der Waals surface area contributed by atoms with E-state index in [0.717, 1.165) is 28.5 Å². The Morgan fingerprint density at radius 2 is 2.19 bits per heavy atom. The van der Waals surface area contributed by atoms with Crippen LogP contribution in [0.2, 0.25) is 5.02 Å². The van der Waals surface area contributed by atoms with Crippen LogP contribution in [0.3, 0.4) is 0 Å². The van der Waals surface area contributed by atoms with Crippen molar-refractivity contribution < 1.29 is 9.21 Å². The molecule has 1 aromatic carbocycles. The van der Waals surface area contributed by atoms with Crippen molar-refractivity contribution in [2.75, 3.05) is 17.6 Å². The van der Waals surface area contributed by atoms with Gasteiger partial charge >= 0.3 is 6.03 Å². The highest BCUT2D eigenvalue weighted by atomic mass is 35.5. The first-order valence-electron chi connectivity index (χ1n) is 6.57. The molecular formula is C15H17ClN2O2S. The van der Waals surface area contributed by atoms with Crippen LogP contribution in [0.5, 0.6) is 0 Å². The molecule has 4 nitrogen and oxygen atoms in total. The second kappa shape index (κ2) is 8.00. The molecule has 1 aromatic heterocycles. The Bertz CT molecular complexity index is 587. The SMILES string of the molecule is Cc1c(Cl)cccc1NC(=O)NCCSCc1ccco1. The first kappa shape index (κ1) is 15.8. The number of hydrogen-bond acceptors (Lipinski definition) is 3. The van der Waals surface area contributed by atoms with Crippen molar-refractivity contribution in [3.05, 3.63) is 52.9 Å². The summed E-state index contributed by atoms with van der Waals surface area (Å²) in [5, 5.41) is 6.25. The maximum absolute atomic E-state index is 11.8. The maximum Gasteiger partial charge on any atom is 0.319 e. The molecule has 2 aromatic rings. The third-order valence-electron chi connectivity index (χ3n) is 2.87. The van der Waals surface area contributed by atoms with Crippen molar-refractivity contribution >= 4 is 35.1 Å². The van der Waals surface area contributed by atoms with Crippen molar-refractivity contribution in [3.63, 3.8) is 0 Å². The largest absolute Gasteiger partial charge is 0.468 e. The molecule has 0 radical (unpaired) electrons. The normalized spacial score (nSPS) is 10.4. The van der Waals surface area contributed by atoms with Crippen molar-refractivity contribution in [2.45, 2.75) is 12.7 Å². The zero-order chi connectivity index (χ0) is 15.1. The summed E-state index contributed by atoms with van der Waals surface area (Å²) in [7, 11) is 0. The zero-order valence-electron chi connectivity index (χ0n) is 11.7. The van der Waals surface area contributed by atoms with Gasteiger partial charge in [-0.3, -0.25) is 0 Å². The zero-order valence-corrected chi connectivity index (χ0v) is 13.3. The molecule has 1 heterocycles. The van der Waals surface area contributed by atoms with E-state index >= 15 is 0 Å². The average Bonchev–Trinajstić information content (AvgIpc) is 2.97. The number of nitrogens with one attached hydrogen (secondary N) is 2. The fraction of sp³-hybridized carbons (Fsp3) is 0.267. The summed E-state index contributed by atoms with van der Waals surface area (Å²) in [5.41, 5.74) is 1.59. The quantitative estimate of drug-likeness (QED) is 0.779. The number of hydrogen-bond donors (Lipinski definition) is 2. The number of rotatable bonds is 6. The van der Waals surface area contributed by atoms with Crippen LogP contribution in [0.1, 0.15) is 11.3 Å². The molecule has 0 fully saturated rings. The van der Waals surface area contributed by atoms with Gasteiger partial charge in [0.2, 0.25) is 0 Å². The highest BCUT2D eigenvalue weighted by molar-refractivity contribution is 7.98. The number of anilines is 1. The lowest BCUT2D eigenvalue weighted by atomic mass is 10.2. The van der Waals surface area contributed by atoms with Gasteiger partial charge in [-0.05, 0) is 36.8 Å². The molecule has 6 heteroatoms. The number of furan rings is 1. The molecule has 0 aliphatic heterocycles. The van der Waals surface area contributed by atoms with Crippen LogP contribution in [0, 0.1) is 6.92 Å². The van der Waals surface area contributed by atoms with E-state index in [4.69, 9.17) is 16.0 Å². The predicted molar refractivity (Wildman–Crippen MR) is 88.1 cm³/mol. The summed E-state index contributed by atoms with van der Waals surface area (Å²) in [6, 6.07) is 9.02. The van der Waals surface area contributed by atoms with Crippen LogP contribution >= 0.6 is 23.4 Å². The molecule has 21 heavy (non-hydrogen) atoms. The molecule has 0 spiro atoms. The van der Waals surface area contributed by atoms with Gasteiger partial charge in [-0.2, -0.15) is 11.8 Å². The van der Waals surface area contributed by atoms with Crippen molar-refractivity contribution in [2.24, 2.45) is 0 Å². The molecule has 2 amide bonds. The highest BCUT2D eigenvalue weighted by Gasteiger charge is 2.05. The Labute approximate surface area is 133 Å². The number of urea groups is 1. The van der Waals surface area contributed by atoms with Crippen LogP contribution in [-0.2, 0) is 5.75 Å². The molecular weight excluding hydrogens is 308 g/mol. The van der Waals surface area contributed by atoms with Gasteiger partial charge in [-0.25, -0.2) is 4.79 Å². The molecule has 0 saturated carbocycles. The molecule has 112 valence electrons. The van der Waals surface area contributed by atoms with Crippen LogP contribution in [-0.4, -0.2) is 18.3 Å². The highest BCUT2D eigenvalue weighted by Crippen LogP contribution is 2.22. The third-order valence-corrected chi connectivity index (χ3v) is 4.26. The Morgan fingerprint density at radius 3 is 2.95 bits per heavy atom. The minimum absolute atomic E-state index is 0.223. The number of carbonyl (C=O) groups is 1. The van der Waals surface area contributed by atoms with Gasteiger partial charge in [0.15, 0.2) is 0 Å². The molecule has 0 unspecified atom stereocenters. The summed E-state index contributed by atoms with van der Waals surface area (Å²) in [6.07, 6.45) is 1.66. The Hall–Kier alpha value is -1.59. The smallest absolute Gasteiger partial charge is 0.319 e. The van der Waals surface area contributed by atoms with Gasteiger partial charge in [-0.1, -0.05) is 17.7 Å². The maximum atomic E-state index is 11.8. The second-order valence-corrected chi connectivity index (χ2v) is 5.94. The number of carbonyl (C=O) groups excluding carboxylic acids is 1. The van der Waals surface area contributed by atoms with Crippen LogP contribution in [0.4, 0.5) is 10.5 Å². The van der Waals surface area contributed by atoms with E-state index in [1.54, 1.807) is 24.1 Å². The standard InChI is InChI=1S/C15H17ClN2O2S/c1-11-13(16)5-2-6-14(11)18-15(19)17-7-9-21-10-12-4-3-8-20-12/h2-6,8H,7,9-10H2,1H3,(H2,17,18,19). The lowest BCUT2D eigenvalue weighted by Crippen LogP contribution is -2.30. The van der Waals surface area contributed by atoms with Gasteiger partial charge in [0.25, 0.3) is 0 Å². The molecule has 0 bridgehead atoms. The average molecular weight is 325 g/mol. The van der Waals surface area contributed by atoms with Crippen molar-refractivity contribution in [1.82, 2.24) is 5.32 Å². The summed E-state index contributed by atoms with van der Waals surface area (Å²) in [5.74, 6) is 2.57. The Morgan fingerprint density at radius 1 is 1.33 bits per heavy atom. The summed E-state index contributed by atoms with van der Waals surface area (Å²) in [6.45, 7) is 2.47. The topological polar surface area (TPSA) is 54.3 Å². The summed E-state index contributed by atoms with van der Waals surface area (Å²) in [4.78, 5) is 11.8. The van der Waals surface area contributed by atoms with Gasteiger partial charge in [0, 0.05) is 23.0 Å². The van der Waals surface area contributed by atoms with Gasteiger partial charge in [-0.15, -0.1) is 0 Å². The Kier molecular flexibility index (Phi) is 6.02. The van der Waals surface area contributed by atoms with E-state index in [9.17, 15) is 4.79 Å².